The molecule has 19 heavy (non-hydrogen) atoms. The highest BCUT2D eigenvalue weighted by Gasteiger charge is 2.09. The molecule has 2 rings (SSSR count). The molecular weight excluding hydrogens is 265 g/mol. The van der Waals surface area contributed by atoms with Crippen molar-refractivity contribution in [2.75, 3.05) is 6.54 Å². The smallest absolute Gasteiger partial charge is 0.184 e. The second-order valence-electron chi connectivity index (χ2n) is 4.28. The molecule has 0 amide bonds. The molecule has 0 atom stereocenters. The molecule has 2 aromatic rings. The van der Waals surface area contributed by atoms with Gasteiger partial charge in [0, 0.05) is 0 Å². The van der Waals surface area contributed by atoms with Crippen molar-refractivity contribution < 1.29 is 9.13 Å². The summed E-state index contributed by atoms with van der Waals surface area (Å²) in [7, 11) is 0. The number of benzene rings is 2. The molecule has 0 saturated heterocycles. The molecule has 0 bridgehead atoms. The number of halogens is 2. The van der Waals surface area contributed by atoms with Gasteiger partial charge in [0.25, 0.3) is 0 Å². The number of hydrogen-bond acceptors (Lipinski definition) is 2. The third-order valence-corrected chi connectivity index (χ3v) is 3.16. The average Bonchev–Trinajstić information content (AvgIpc) is 2.38. The highest BCUT2D eigenvalue weighted by molar-refractivity contribution is 6.30. The second-order valence-corrected chi connectivity index (χ2v) is 4.69. The van der Waals surface area contributed by atoms with Crippen LogP contribution >= 0.6 is 11.6 Å². The molecule has 100 valence electrons. The lowest BCUT2D eigenvalue weighted by Crippen LogP contribution is -2.04. The quantitative estimate of drug-likeness (QED) is 0.915. The van der Waals surface area contributed by atoms with Gasteiger partial charge in [-0.1, -0.05) is 23.7 Å². The van der Waals surface area contributed by atoms with E-state index in [1.165, 1.54) is 11.6 Å². The zero-order chi connectivity index (χ0) is 13.8. The average molecular weight is 280 g/mol. The van der Waals surface area contributed by atoms with Gasteiger partial charge in [0.05, 0.1) is 5.02 Å². The Morgan fingerprint density at radius 3 is 2.74 bits per heavy atom. The molecule has 0 fully saturated rings. The molecule has 2 N–H and O–H groups in total. The van der Waals surface area contributed by atoms with Gasteiger partial charge < -0.3 is 10.5 Å². The first-order chi connectivity index (χ1) is 9.11. The Bertz CT molecular complexity index is 586. The predicted octanol–water partition coefficient (Wildman–Crippen LogP) is 4.08. The van der Waals surface area contributed by atoms with Crippen molar-refractivity contribution in [3.63, 3.8) is 0 Å². The maximum absolute atomic E-state index is 13.7. The fourth-order valence-corrected chi connectivity index (χ4v) is 2.02. The van der Waals surface area contributed by atoms with Crippen molar-refractivity contribution in [3.8, 4) is 11.5 Å². The number of nitrogens with two attached hydrogens (primary N) is 1. The molecule has 0 aliphatic heterocycles. The molecule has 0 saturated carbocycles. The number of ether oxygens (including phenoxy) is 1. The predicted molar refractivity (Wildman–Crippen MR) is 75.4 cm³/mol. The van der Waals surface area contributed by atoms with Crippen LogP contribution in [0.5, 0.6) is 11.5 Å². The van der Waals surface area contributed by atoms with Gasteiger partial charge in [-0.05, 0) is 55.3 Å². The van der Waals surface area contributed by atoms with Gasteiger partial charge in [-0.3, -0.25) is 0 Å². The van der Waals surface area contributed by atoms with Gasteiger partial charge in [-0.25, -0.2) is 4.39 Å². The van der Waals surface area contributed by atoms with Crippen LogP contribution in [0.2, 0.25) is 5.02 Å². The molecule has 0 unspecified atom stereocenters. The van der Waals surface area contributed by atoms with E-state index in [4.69, 9.17) is 22.1 Å². The van der Waals surface area contributed by atoms with Crippen LogP contribution in [0.3, 0.4) is 0 Å². The van der Waals surface area contributed by atoms with Gasteiger partial charge in [-0.2, -0.15) is 0 Å². The zero-order valence-electron chi connectivity index (χ0n) is 10.6. The summed E-state index contributed by atoms with van der Waals surface area (Å²) in [6, 6.07) is 10.3. The highest BCUT2D eigenvalue weighted by atomic mass is 35.5. The molecule has 2 nitrogen and oxygen atoms in total. The van der Waals surface area contributed by atoms with Crippen LogP contribution in [0.15, 0.2) is 36.4 Å². The number of aryl methyl sites for hydroxylation is 1. The van der Waals surface area contributed by atoms with Crippen LogP contribution in [0.4, 0.5) is 4.39 Å². The fourth-order valence-electron chi connectivity index (χ4n) is 1.86. The Labute approximate surface area is 117 Å². The van der Waals surface area contributed by atoms with Crippen LogP contribution in [0.1, 0.15) is 11.1 Å². The third-order valence-electron chi connectivity index (χ3n) is 2.87. The zero-order valence-corrected chi connectivity index (χ0v) is 11.4. The van der Waals surface area contributed by atoms with E-state index < -0.39 is 5.82 Å². The molecular formula is C15H15ClFNO. The molecule has 0 spiro atoms. The van der Waals surface area contributed by atoms with E-state index in [0.717, 1.165) is 12.0 Å². The number of hydrogen-bond donors (Lipinski definition) is 1. The molecule has 0 aliphatic carbocycles. The lowest BCUT2D eigenvalue weighted by Gasteiger charge is -2.10. The first kappa shape index (κ1) is 13.8. The Morgan fingerprint density at radius 1 is 1.26 bits per heavy atom. The van der Waals surface area contributed by atoms with E-state index >= 15 is 0 Å². The van der Waals surface area contributed by atoms with Gasteiger partial charge in [0.2, 0.25) is 0 Å². The summed E-state index contributed by atoms with van der Waals surface area (Å²) < 4.78 is 19.2. The standard InChI is InChI=1S/C15H15ClFNO/c1-10-9-12(6-5-11(10)7-8-18)19-14-4-2-3-13(16)15(14)17/h2-6,9H,7-8,18H2,1H3. The van der Waals surface area contributed by atoms with Crippen LogP contribution in [-0.2, 0) is 6.42 Å². The second kappa shape index (κ2) is 6.04. The van der Waals surface area contributed by atoms with E-state index in [0.29, 0.717) is 12.3 Å². The van der Waals surface area contributed by atoms with Crippen molar-refractivity contribution in [2.45, 2.75) is 13.3 Å². The summed E-state index contributed by atoms with van der Waals surface area (Å²) in [5.41, 5.74) is 7.77. The van der Waals surface area contributed by atoms with Crippen molar-refractivity contribution in [3.05, 3.63) is 58.4 Å². The Kier molecular flexibility index (Phi) is 4.40. The van der Waals surface area contributed by atoms with Gasteiger partial charge in [0.1, 0.15) is 5.75 Å². The van der Waals surface area contributed by atoms with Gasteiger partial charge in [-0.15, -0.1) is 0 Å². The summed E-state index contributed by atoms with van der Waals surface area (Å²) in [6.07, 6.45) is 0.817. The topological polar surface area (TPSA) is 35.2 Å². The molecule has 4 heteroatoms. The first-order valence-electron chi connectivity index (χ1n) is 6.03. The minimum atomic E-state index is -0.548. The Morgan fingerprint density at radius 2 is 2.05 bits per heavy atom. The van der Waals surface area contributed by atoms with Gasteiger partial charge >= 0.3 is 0 Å². The minimum Gasteiger partial charge on any atom is -0.454 e. The van der Waals surface area contributed by atoms with Crippen LogP contribution < -0.4 is 10.5 Å². The summed E-state index contributed by atoms with van der Waals surface area (Å²) in [5.74, 6) is 0.158. The monoisotopic (exact) mass is 279 g/mol. The van der Waals surface area contributed by atoms with Crippen molar-refractivity contribution in [1.29, 1.82) is 0 Å². The van der Waals surface area contributed by atoms with Crippen LogP contribution in [0.25, 0.3) is 0 Å². The third kappa shape index (κ3) is 3.25. The normalized spacial score (nSPS) is 10.5. The summed E-state index contributed by atoms with van der Waals surface area (Å²) >= 11 is 5.71. The molecule has 2 aromatic carbocycles. The Hall–Kier alpha value is -1.58. The van der Waals surface area contributed by atoms with Crippen molar-refractivity contribution in [2.24, 2.45) is 5.73 Å². The Balaban J connectivity index is 2.24. The SMILES string of the molecule is Cc1cc(Oc2cccc(Cl)c2F)ccc1CCN. The molecule has 0 radical (unpaired) electrons. The largest absolute Gasteiger partial charge is 0.454 e. The van der Waals surface area contributed by atoms with E-state index in [1.807, 2.05) is 19.1 Å². The maximum atomic E-state index is 13.7. The fraction of sp³-hybridized carbons (Fsp3) is 0.200. The van der Waals surface area contributed by atoms with Crippen molar-refractivity contribution in [1.82, 2.24) is 0 Å². The summed E-state index contributed by atoms with van der Waals surface area (Å²) in [4.78, 5) is 0. The molecule has 0 aromatic heterocycles. The first-order valence-corrected chi connectivity index (χ1v) is 6.41. The van der Waals surface area contributed by atoms with E-state index in [9.17, 15) is 4.39 Å². The van der Waals surface area contributed by atoms with E-state index in [1.54, 1.807) is 18.2 Å². The maximum Gasteiger partial charge on any atom is 0.184 e. The van der Waals surface area contributed by atoms with E-state index in [-0.39, 0.29) is 10.8 Å². The lowest BCUT2D eigenvalue weighted by atomic mass is 10.1. The van der Waals surface area contributed by atoms with Crippen molar-refractivity contribution >= 4 is 11.6 Å². The van der Waals surface area contributed by atoms with Gasteiger partial charge in [0.15, 0.2) is 11.6 Å². The lowest BCUT2D eigenvalue weighted by molar-refractivity contribution is 0.442. The highest BCUT2D eigenvalue weighted by Crippen LogP contribution is 2.29. The van der Waals surface area contributed by atoms with Crippen LogP contribution in [0, 0.1) is 12.7 Å². The summed E-state index contributed by atoms with van der Waals surface area (Å²) in [5, 5.41) is 0.0500. The number of rotatable bonds is 4. The molecule has 0 aliphatic rings. The summed E-state index contributed by atoms with van der Waals surface area (Å²) in [6.45, 7) is 2.58. The van der Waals surface area contributed by atoms with Crippen LogP contribution in [-0.4, -0.2) is 6.54 Å². The molecule has 0 heterocycles. The minimum absolute atomic E-state index is 0.0500. The van der Waals surface area contributed by atoms with E-state index in [2.05, 4.69) is 0 Å².